The van der Waals surface area contributed by atoms with E-state index in [0.29, 0.717) is 18.0 Å². The van der Waals surface area contributed by atoms with Crippen LogP contribution in [0, 0.1) is 0 Å². The SMILES string of the molecule is O=C(Cc1cccc(Cl)c1)N1CCc2nc[nH]c2C1. The number of benzene rings is 1. The fraction of sp³-hybridized carbons (Fsp3) is 0.286. The molecule has 2 aromatic rings. The molecule has 5 heteroatoms. The van der Waals surface area contributed by atoms with Crippen LogP contribution in [0.4, 0.5) is 0 Å². The van der Waals surface area contributed by atoms with Gasteiger partial charge in [-0.15, -0.1) is 0 Å². The van der Waals surface area contributed by atoms with E-state index < -0.39 is 0 Å². The molecule has 0 saturated carbocycles. The molecule has 0 bridgehead atoms. The highest BCUT2D eigenvalue weighted by molar-refractivity contribution is 6.30. The molecule has 1 aliphatic rings. The Hall–Kier alpha value is -1.81. The zero-order valence-electron chi connectivity index (χ0n) is 10.4. The molecule has 0 radical (unpaired) electrons. The normalized spacial score (nSPS) is 14.3. The van der Waals surface area contributed by atoms with Crippen LogP contribution in [0.25, 0.3) is 0 Å². The average Bonchev–Trinajstić information content (AvgIpc) is 2.85. The third-order valence-electron chi connectivity index (χ3n) is 3.37. The molecule has 1 N–H and O–H groups in total. The third kappa shape index (κ3) is 2.63. The molecule has 2 heterocycles. The molecule has 3 rings (SSSR count). The molecule has 0 atom stereocenters. The molecule has 4 nitrogen and oxygen atoms in total. The lowest BCUT2D eigenvalue weighted by Crippen LogP contribution is -2.37. The van der Waals surface area contributed by atoms with Crippen LogP contribution in [0.1, 0.15) is 17.0 Å². The van der Waals surface area contributed by atoms with Gasteiger partial charge in [-0.1, -0.05) is 23.7 Å². The second-order valence-electron chi connectivity index (χ2n) is 4.70. The van der Waals surface area contributed by atoms with E-state index in [1.54, 1.807) is 6.33 Å². The molecule has 0 unspecified atom stereocenters. The second-order valence-corrected chi connectivity index (χ2v) is 5.14. The zero-order valence-corrected chi connectivity index (χ0v) is 11.2. The largest absolute Gasteiger partial charge is 0.347 e. The number of nitrogens with one attached hydrogen (secondary N) is 1. The van der Waals surface area contributed by atoms with Crippen LogP contribution in [0.2, 0.25) is 5.02 Å². The van der Waals surface area contributed by atoms with Crippen molar-refractivity contribution in [3.8, 4) is 0 Å². The molecule has 1 aromatic carbocycles. The fourth-order valence-electron chi connectivity index (χ4n) is 2.36. The highest BCUT2D eigenvalue weighted by Crippen LogP contribution is 2.17. The van der Waals surface area contributed by atoms with Crippen LogP contribution < -0.4 is 0 Å². The molecule has 0 fully saturated rings. The van der Waals surface area contributed by atoms with Gasteiger partial charge in [0.15, 0.2) is 0 Å². The Labute approximate surface area is 116 Å². The van der Waals surface area contributed by atoms with Crippen molar-refractivity contribution < 1.29 is 4.79 Å². The Morgan fingerprint density at radius 2 is 2.37 bits per heavy atom. The monoisotopic (exact) mass is 275 g/mol. The number of amides is 1. The van der Waals surface area contributed by atoms with Crippen LogP contribution in [-0.2, 0) is 24.2 Å². The Balaban J connectivity index is 1.69. The van der Waals surface area contributed by atoms with Crippen molar-refractivity contribution in [3.05, 3.63) is 52.6 Å². The number of aromatic nitrogens is 2. The van der Waals surface area contributed by atoms with E-state index in [1.165, 1.54) is 0 Å². The summed E-state index contributed by atoms with van der Waals surface area (Å²) in [6, 6.07) is 7.45. The number of fused-ring (bicyclic) bond motifs is 1. The molecule has 0 saturated heterocycles. The highest BCUT2D eigenvalue weighted by atomic mass is 35.5. The standard InChI is InChI=1S/C14H14ClN3O/c15-11-3-1-2-10(6-11)7-14(19)18-5-4-12-13(8-18)17-9-16-12/h1-3,6,9H,4-5,7-8H2,(H,16,17). The van der Waals surface area contributed by atoms with Crippen LogP contribution >= 0.6 is 11.6 Å². The van der Waals surface area contributed by atoms with Gasteiger partial charge in [-0.25, -0.2) is 4.98 Å². The smallest absolute Gasteiger partial charge is 0.227 e. The van der Waals surface area contributed by atoms with Crippen molar-refractivity contribution >= 4 is 17.5 Å². The lowest BCUT2D eigenvalue weighted by molar-refractivity contribution is -0.131. The minimum Gasteiger partial charge on any atom is -0.347 e. The number of imidazole rings is 1. The van der Waals surface area contributed by atoms with Gasteiger partial charge in [0.2, 0.25) is 5.91 Å². The summed E-state index contributed by atoms with van der Waals surface area (Å²) in [5.41, 5.74) is 3.07. The molecule has 98 valence electrons. The van der Waals surface area contributed by atoms with Crippen molar-refractivity contribution in [2.75, 3.05) is 6.54 Å². The van der Waals surface area contributed by atoms with E-state index in [4.69, 9.17) is 11.6 Å². The highest BCUT2D eigenvalue weighted by Gasteiger charge is 2.22. The van der Waals surface area contributed by atoms with Crippen molar-refractivity contribution in [2.45, 2.75) is 19.4 Å². The Morgan fingerprint density at radius 3 is 3.21 bits per heavy atom. The van der Waals surface area contributed by atoms with E-state index in [-0.39, 0.29) is 5.91 Å². The minimum absolute atomic E-state index is 0.127. The third-order valence-corrected chi connectivity index (χ3v) is 3.61. The Kier molecular flexibility index (Phi) is 3.25. The first-order valence-corrected chi connectivity index (χ1v) is 6.63. The Bertz CT molecular complexity index is 608. The molecule has 0 spiro atoms. The summed E-state index contributed by atoms with van der Waals surface area (Å²) in [7, 11) is 0. The topological polar surface area (TPSA) is 49.0 Å². The summed E-state index contributed by atoms with van der Waals surface area (Å²) in [6.07, 6.45) is 2.90. The first-order chi connectivity index (χ1) is 9.22. The molecule has 1 amide bonds. The van der Waals surface area contributed by atoms with Gasteiger partial charge in [-0.05, 0) is 17.7 Å². The average molecular weight is 276 g/mol. The summed E-state index contributed by atoms with van der Waals surface area (Å²) in [5.74, 6) is 0.127. The number of hydrogen-bond acceptors (Lipinski definition) is 2. The number of nitrogens with zero attached hydrogens (tertiary/aromatic N) is 2. The van der Waals surface area contributed by atoms with Gasteiger partial charge in [-0.3, -0.25) is 4.79 Å². The van der Waals surface area contributed by atoms with E-state index in [1.807, 2.05) is 29.2 Å². The molecule has 19 heavy (non-hydrogen) atoms. The van der Waals surface area contributed by atoms with Gasteiger partial charge < -0.3 is 9.88 Å². The zero-order chi connectivity index (χ0) is 13.2. The number of aromatic amines is 1. The summed E-state index contributed by atoms with van der Waals surface area (Å²) in [5, 5.41) is 0.666. The predicted octanol–water partition coefficient (Wildman–Crippen LogP) is 2.19. The van der Waals surface area contributed by atoms with Crippen molar-refractivity contribution in [2.24, 2.45) is 0 Å². The second kappa shape index (κ2) is 5.05. The lowest BCUT2D eigenvalue weighted by atomic mass is 10.1. The van der Waals surface area contributed by atoms with Crippen LogP contribution in [-0.4, -0.2) is 27.3 Å². The molecule has 0 aliphatic carbocycles. The lowest BCUT2D eigenvalue weighted by Gasteiger charge is -2.26. The summed E-state index contributed by atoms with van der Waals surface area (Å²) >= 11 is 5.93. The van der Waals surface area contributed by atoms with Crippen molar-refractivity contribution in [1.82, 2.24) is 14.9 Å². The number of carbonyl (C=O) groups is 1. The van der Waals surface area contributed by atoms with E-state index in [9.17, 15) is 4.79 Å². The number of halogens is 1. The molecular formula is C14H14ClN3O. The molecular weight excluding hydrogens is 262 g/mol. The van der Waals surface area contributed by atoms with E-state index in [0.717, 1.165) is 29.9 Å². The quantitative estimate of drug-likeness (QED) is 0.913. The van der Waals surface area contributed by atoms with Gasteiger partial charge in [-0.2, -0.15) is 0 Å². The maximum absolute atomic E-state index is 12.3. The fourth-order valence-corrected chi connectivity index (χ4v) is 2.57. The molecule has 1 aliphatic heterocycles. The van der Waals surface area contributed by atoms with Crippen molar-refractivity contribution in [3.63, 3.8) is 0 Å². The van der Waals surface area contributed by atoms with Gasteiger partial charge in [0.05, 0.1) is 30.7 Å². The van der Waals surface area contributed by atoms with Gasteiger partial charge in [0.25, 0.3) is 0 Å². The minimum atomic E-state index is 0.127. The van der Waals surface area contributed by atoms with Crippen LogP contribution in [0.5, 0.6) is 0 Å². The van der Waals surface area contributed by atoms with Crippen LogP contribution in [0.3, 0.4) is 0 Å². The van der Waals surface area contributed by atoms with Crippen molar-refractivity contribution in [1.29, 1.82) is 0 Å². The molecule has 1 aromatic heterocycles. The predicted molar refractivity (Wildman–Crippen MR) is 72.9 cm³/mol. The number of H-pyrrole nitrogens is 1. The summed E-state index contributed by atoms with van der Waals surface area (Å²) < 4.78 is 0. The number of hydrogen-bond donors (Lipinski definition) is 1. The van der Waals surface area contributed by atoms with Crippen LogP contribution in [0.15, 0.2) is 30.6 Å². The summed E-state index contributed by atoms with van der Waals surface area (Å²) in [4.78, 5) is 21.4. The first kappa shape index (κ1) is 12.2. The van der Waals surface area contributed by atoms with Gasteiger partial charge in [0, 0.05) is 18.0 Å². The maximum atomic E-state index is 12.3. The maximum Gasteiger partial charge on any atom is 0.227 e. The van der Waals surface area contributed by atoms with Gasteiger partial charge >= 0.3 is 0 Å². The van der Waals surface area contributed by atoms with Gasteiger partial charge in [0.1, 0.15) is 0 Å². The first-order valence-electron chi connectivity index (χ1n) is 6.26. The summed E-state index contributed by atoms with van der Waals surface area (Å²) in [6.45, 7) is 1.35. The van der Waals surface area contributed by atoms with E-state index >= 15 is 0 Å². The van der Waals surface area contributed by atoms with E-state index in [2.05, 4.69) is 9.97 Å². The number of carbonyl (C=O) groups excluding carboxylic acids is 1. The number of rotatable bonds is 2. The Morgan fingerprint density at radius 1 is 1.47 bits per heavy atom.